The Bertz CT molecular complexity index is 1120. The molecule has 1 aromatic carbocycles. The summed E-state index contributed by atoms with van der Waals surface area (Å²) >= 11 is 0. The fourth-order valence-corrected chi connectivity index (χ4v) is 5.71. The highest BCUT2D eigenvalue weighted by atomic mass is 16.2. The van der Waals surface area contributed by atoms with E-state index >= 15 is 0 Å². The van der Waals surface area contributed by atoms with Crippen molar-refractivity contribution in [2.75, 3.05) is 25.5 Å². The fraction of sp³-hybridized carbons (Fsp3) is 0.407. The smallest absolute Gasteiger partial charge is 0.311 e. The number of rotatable bonds is 5. The van der Waals surface area contributed by atoms with Gasteiger partial charge in [0.05, 0.1) is 42.4 Å². The summed E-state index contributed by atoms with van der Waals surface area (Å²) in [6.07, 6.45) is 9.11. The summed E-state index contributed by atoms with van der Waals surface area (Å²) in [6, 6.07) is 16.7. The van der Waals surface area contributed by atoms with Crippen LogP contribution in [-0.4, -0.2) is 57.0 Å². The Morgan fingerprint density at radius 3 is 2.21 bits per heavy atom. The van der Waals surface area contributed by atoms with E-state index < -0.39 is 0 Å². The van der Waals surface area contributed by atoms with Crippen LogP contribution in [0.15, 0.2) is 67.1 Å². The predicted molar refractivity (Wildman–Crippen MR) is 132 cm³/mol. The summed E-state index contributed by atoms with van der Waals surface area (Å²) in [6.45, 7) is 3.00. The highest BCUT2D eigenvalue weighted by molar-refractivity contribution is 5.95. The lowest BCUT2D eigenvalue weighted by Crippen LogP contribution is -2.55. The van der Waals surface area contributed by atoms with E-state index in [0.717, 1.165) is 37.1 Å². The maximum Gasteiger partial charge on any atom is 0.325 e. The van der Waals surface area contributed by atoms with Crippen molar-refractivity contribution in [3.8, 4) is 0 Å². The topological polar surface area (TPSA) is 65.5 Å². The number of aryl methyl sites for hydroxylation is 1. The van der Waals surface area contributed by atoms with Crippen molar-refractivity contribution in [3.63, 3.8) is 0 Å². The van der Waals surface area contributed by atoms with Crippen molar-refractivity contribution >= 4 is 11.7 Å². The molecule has 0 bridgehead atoms. The zero-order valence-corrected chi connectivity index (χ0v) is 20.2. The van der Waals surface area contributed by atoms with Crippen LogP contribution in [0.3, 0.4) is 0 Å². The molecule has 5 rings (SSSR count). The van der Waals surface area contributed by atoms with Gasteiger partial charge in [0.25, 0.3) is 0 Å². The van der Waals surface area contributed by atoms with E-state index in [4.69, 9.17) is 0 Å². The van der Waals surface area contributed by atoms with Crippen LogP contribution in [0.2, 0.25) is 0 Å². The molecule has 2 amide bonds. The Morgan fingerprint density at radius 1 is 0.912 bits per heavy atom. The van der Waals surface area contributed by atoms with E-state index in [0.29, 0.717) is 18.9 Å². The van der Waals surface area contributed by atoms with Crippen LogP contribution >= 0.6 is 0 Å². The summed E-state index contributed by atoms with van der Waals surface area (Å²) < 4.78 is 0. The van der Waals surface area contributed by atoms with Crippen molar-refractivity contribution in [1.29, 1.82) is 0 Å². The van der Waals surface area contributed by atoms with Crippen molar-refractivity contribution < 1.29 is 4.79 Å². The van der Waals surface area contributed by atoms with Crippen LogP contribution in [0.4, 0.5) is 10.5 Å². The minimum atomic E-state index is -0.256. The summed E-state index contributed by atoms with van der Waals surface area (Å²) in [5.74, 6) is 0.701. The average Bonchev–Trinajstić information content (AvgIpc) is 3.12. The van der Waals surface area contributed by atoms with Crippen molar-refractivity contribution in [2.45, 2.75) is 50.2 Å². The Kier molecular flexibility index (Phi) is 5.81. The number of hydrogen-bond donors (Lipinski definition) is 0. The molecule has 1 saturated heterocycles. The minimum Gasteiger partial charge on any atom is -0.311 e. The van der Waals surface area contributed by atoms with E-state index in [1.807, 2.05) is 30.0 Å². The molecule has 7 heteroatoms. The SMILES string of the molecule is Cc1ncc(N2C[C@]3(CC[C@@](c4ccccc4)(N(C)C)CC3)N(Cc3ccccn3)C2=O)cn1. The van der Waals surface area contributed by atoms with Crippen LogP contribution in [0.5, 0.6) is 0 Å². The first-order valence-electron chi connectivity index (χ1n) is 11.9. The number of pyridine rings is 1. The van der Waals surface area contributed by atoms with Crippen LogP contribution in [0.1, 0.15) is 42.8 Å². The molecular formula is C27H32N6O. The van der Waals surface area contributed by atoms with E-state index in [2.05, 4.69) is 69.2 Å². The number of carbonyl (C=O) groups excluding carboxylic acids is 1. The highest BCUT2D eigenvalue weighted by Gasteiger charge is 2.54. The third kappa shape index (κ3) is 3.84. The number of aromatic nitrogens is 3. The van der Waals surface area contributed by atoms with Gasteiger partial charge in [-0.25, -0.2) is 14.8 Å². The molecule has 0 unspecified atom stereocenters. The second-order valence-corrected chi connectivity index (χ2v) is 9.78. The normalized spacial score (nSPS) is 24.9. The van der Waals surface area contributed by atoms with E-state index in [1.54, 1.807) is 18.6 Å². The zero-order valence-electron chi connectivity index (χ0n) is 20.2. The van der Waals surface area contributed by atoms with Crippen molar-refractivity contribution in [2.24, 2.45) is 0 Å². The van der Waals surface area contributed by atoms with E-state index in [9.17, 15) is 4.79 Å². The van der Waals surface area contributed by atoms with Gasteiger partial charge in [-0.05, 0) is 64.4 Å². The minimum absolute atomic E-state index is 0.00942. The molecule has 2 aromatic heterocycles. The lowest BCUT2D eigenvalue weighted by atomic mass is 9.68. The Labute approximate surface area is 201 Å². The molecule has 1 spiro atoms. The van der Waals surface area contributed by atoms with Gasteiger partial charge in [0.15, 0.2) is 0 Å². The van der Waals surface area contributed by atoms with Gasteiger partial charge in [-0.1, -0.05) is 36.4 Å². The predicted octanol–water partition coefficient (Wildman–Crippen LogP) is 4.39. The molecule has 176 valence electrons. The van der Waals surface area contributed by atoms with Gasteiger partial charge in [-0.2, -0.15) is 0 Å². The number of urea groups is 1. The van der Waals surface area contributed by atoms with Gasteiger partial charge in [0, 0.05) is 11.7 Å². The van der Waals surface area contributed by atoms with Gasteiger partial charge in [0.2, 0.25) is 0 Å². The molecule has 0 atom stereocenters. The second-order valence-electron chi connectivity index (χ2n) is 9.78. The largest absolute Gasteiger partial charge is 0.325 e. The van der Waals surface area contributed by atoms with Gasteiger partial charge in [0.1, 0.15) is 5.82 Å². The van der Waals surface area contributed by atoms with Gasteiger partial charge < -0.3 is 4.90 Å². The monoisotopic (exact) mass is 456 g/mol. The van der Waals surface area contributed by atoms with Gasteiger partial charge in [-0.15, -0.1) is 0 Å². The van der Waals surface area contributed by atoms with Crippen LogP contribution in [0, 0.1) is 6.92 Å². The molecule has 0 radical (unpaired) electrons. The summed E-state index contributed by atoms with van der Waals surface area (Å²) in [4.78, 5) is 33.3. The molecule has 1 aliphatic heterocycles. The van der Waals surface area contributed by atoms with Crippen molar-refractivity contribution in [1.82, 2.24) is 24.8 Å². The van der Waals surface area contributed by atoms with Crippen molar-refractivity contribution in [3.05, 3.63) is 84.2 Å². The molecule has 0 N–H and O–H groups in total. The van der Waals surface area contributed by atoms with E-state index in [-0.39, 0.29) is 17.1 Å². The fourth-order valence-electron chi connectivity index (χ4n) is 5.71. The maximum absolute atomic E-state index is 13.8. The number of nitrogens with zero attached hydrogens (tertiary/aromatic N) is 6. The van der Waals surface area contributed by atoms with Crippen LogP contribution in [0.25, 0.3) is 0 Å². The first-order chi connectivity index (χ1) is 16.4. The zero-order chi connectivity index (χ0) is 23.8. The van der Waals surface area contributed by atoms with Gasteiger partial charge in [-0.3, -0.25) is 14.8 Å². The quantitative estimate of drug-likeness (QED) is 0.570. The third-order valence-electron chi connectivity index (χ3n) is 7.79. The molecular weight excluding hydrogens is 424 g/mol. The molecule has 7 nitrogen and oxygen atoms in total. The van der Waals surface area contributed by atoms with Crippen LogP contribution in [-0.2, 0) is 12.1 Å². The molecule has 2 aliphatic rings. The number of benzene rings is 1. The number of hydrogen-bond acceptors (Lipinski definition) is 5. The maximum atomic E-state index is 13.8. The first-order valence-corrected chi connectivity index (χ1v) is 11.9. The molecule has 3 heterocycles. The van der Waals surface area contributed by atoms with Gasteiger partial charge >= 0.3 is 6.03 Å². The Hall–Kier alpha value is -3.32. The summed E-state index contributed by atoms with van der Waals surface area (Å²) in [5, 5.41) is 0. The molecule has 34 heavy (non-hydrogen) atoms. The van der Waals surface area contributed by atoms with E-state index in [1.165, 1.54) is 5.56 Å². The summed E-state index contributed by atoms with van der Waals surface area (Å²) in [7, 11) is 4.35. The standard InChI is InChI=1S/C27H32N6O/c1-21-29-17-24(18-30-21)32-20-26(33(25(32)34)19-23-11-7-8-16-28-23)12-14-27(15-13-26,31(2)3)22-9-5-4-6-10-22/h4-11,16-18H,12-15,19-20H2,1-3H3/t26-,27-. The average molecular weight is 457 g/mol. The Balaban J connectivity index is 1.48. The number of amides is 2. The molecule has 1 aliphatic carbocycles. The first kappa shape index (κ1) is 22.5. The summed E-state index contributed by atoms with van der Waals surface area (Å²) in [5.41, 5.74) is 2.72. The molecule has 2 fully saturated rings. The highest BCUT2D eigenvalue weighted by Crippen LogP contribution is 2.49. The molecule has 3 aromatic rings. The molecule has 1 saturated carbocycles. The lowest BCUT2D eigenvalue weighted by Gasteiger charge is -2.51. The third-order valence-corrected chi connectivity index (χ3v) is 7.79. The number of anilines is 1. The number of carbonyl (C=O) groups is 1. The second kappa shape index (κ2) is 8.80. The lowest BCUT2D eigenvalue weighted by molar-refractivity contribution is 0.0234. The van der Waals surface area contributed by atoms with Crippen LogP contribution < -0.4 is 4.90 Å². The Morgan fingerprint density at radius 2 is 1.59 bits per heavy atom.